The summed E-state index contributed by atoms with van der Waals surface area (Å²) in [6.45, 7) is 0.564. The highest BCUT2D eigenvalue weighted by Crippen LogP contribution is 2.47. The number of thiophene rings is 1. The average Bonchev–Trinajstić information content (AvgIpc) is 3.08. The van der Waals surface area contributed by atoms with E-state index in [9.17, 15) is 0 Å². The van der Waals surface area contributed by atoms with E-state index in [0.29, 0.717) is 12.5 Å². The van der Waals surface area contributed by atoms with Crippen molar-refractivity contribution in [3.63, 3.8) is 0 Å². The quantitative estimate of drug-likeness (QED) is 0.858. The SMILES string of the molecule is N#Cc1sc2cc(CN)ccc2c1C1CC1. The second kappa shape index (κ2) is 3.58. The topological polar surface area (TPSA) is 49.8 Å². The molecular formula is C13H12N2S. The highest BCUT2D eigenvalue weighted by atomic mass is 32.1. The van der Waals surface area contributed by atoms with E-state index in [1.54, 1.807) is 11.3 Å². The first-order valence-corrected chi connectivity index (χ1v) is 6.30. The van der Waals surface area contributed by atoms with Crippen molar-refractivity contribution in [3.8, 4) is 6.07 Å². The van der Waals surface area contributed by atoms with Crippen LogP contribution in [0.5, 0.6) is 0 Å². The van der Waals surface area contributed by atoms with Crippen LogP contribution >= 0.6 is 11.3 Å². The fraction of sp³-hybridized carbons (Fsp3) is 0.308. The molecule has 0 saturated heterocycles. The van der Waals surface area contributed by atoms with E-state index in [4.69, 9.17) is 11.0 Å². The lowest BCUT2D eigenvalue weighted by Gasteiger charge is -1.98. The zero-order valence-corrected chi connectivity index (χ0v) is 9.68. The minimum atomic E-state index is 0.564. The van der Waals surface area contributed by atoms with Crippen molar-refractivity contribution < 1.29 is 0 Å². The Bertz CT molecular complexity index is 588. The predicted molar refractivity (Wildman–Crippen MR) is 66.4 cm³/mol. The maximum absolute atomic E-state index is 9.16. The fourth-order valence-corrected chi connectivity index (χ4v) is 3.30. The molecule has 1 fully saturated rings. The molecule has 0 unspecified atom stereocenters. The first-order valence-electron chi connectivity index (χ1n) is 5.49. The summed E-state index contributed by atoms with van der Waals surface area (Å²) in [7, 11) is 0. The van der Waals surface area contributed by atoms with Gasteiger partial charge in [-0.1, -0.05) is 12.1 Å². The highest BCUT2D eigenvalue weighted by molar-refractivity contribution is 7.19. The van der Waals surface area contributed by atoms with Gasteiger partial charge < -0.3 is 5.73 Å². The number of rotatable bonds is 2. The molecule has 1 saturated carbocycles. The molecule has 0 aliphatic heterocycles. The molecular weight excluding hydrogens is 216 g/mol. The molecule has 0 atom stereocenters. The molecule has 0 radical (unpaired) electrons. The smallest absolute Gasteiger partial charge is 0.110 e. The molecule has 3 rings (SSSR count). The number of fused-ring (bicyclic) bond motifs is 1. The summed E-state index contributed by atoms with van der Waals surface area (Å²) in [6.07, 6.45) is 2.47. The fourth-order valence-electron chi connectivity index (χ4n) is 2.15. The second-order valence-corrected chi connectivity index (χ2v) is 5.32. The van der Waals surface area contributed by atoms with Gasteiger partial charge >= 0.3 is 0 Å². The summed E-state index contributed by atoms with van der Waals surface area (Å²) in [5.74, 6) is 0.632. The van der Waals surface area contributed by atoms with Crippen LogP contribution in [0.2, 0.25) is 0 Å². The second-order valence-electron chi connectivity index (χ2n) is 4.27. The number of nitriles is 1. The number of hydrogen-bond donors (Lipinski definition) is 1. The first kappa shape index (κ1) is 9.83. The minimum absolute atomic E-state index is 0.564. The third-order valence-electron chi connectivity index (χ3n) is 3.12. The molecule has 0 spiro atoms. The van der Waals surface area contributed by atoms with Crippen LogP contribution < -0.4 is 5.73 Å². The lowest BCUT2D eigenvalue weighted by molar-refractivity contribution is 1.08. The molecule has 2 nitrogen and oxygen atoms in total. The average molecular weight is 228 g/mol. The molecule has 3 heteroatoms. The lowest BCUT2D eigenvalue weighted by Crippen LogP contribution is -1.94. The summed E-state index contributed by atoms with van der Waals surface area (Å²) in [6, 6.07) is 8.65. The predicted octanol–water partition coefficient (Wildman–Crippen LogP) is 3.11. The molecule has 1 aromatic heterocycles. The number of nitrogens with zero attached hydrogens (tertiary/aromatic N) is 1. The standard InChI is InChI=1S/C13H12N2S/c14-6-8-1-4-10-11(5-8)16-12(7-15)13(10)9-2-3-9/h1,4-5,9H,2-3,6,14H2. The van der Waals surface area contributed by atoms with Crippen LogP contribution in [0.15, 0.2) is 18.2 Å². The maximum atomic E-state index is 9.16. The Kier molecular flexibility index (Phi) is 2.20. The third-order valence-corrected chi connectivity index (χ3v) is 4.19. The van der Waals surface area contributed by atoms with Gasteiger partial charge in [-0.25, -0.2) is 0 Å². The van der Waals surface area contributed by atoms with Crippen LogP contribution in [-0.2, 0) is 6.54 Å². The number of hydrogen-bond acceptors (Lipinski definition) is 3. The summed E-state index contributed by atoms with van der Waals surface area (Å²) in [4.78, 5) is 0.895. The van der Waals surface area contributed by atoms with E-state index in [2.05, 4.69) is 24.3 Å². The molecule has 1 heterocycles. The largest absolute Gasteiger partial charge is 0.326 e. The van der Waals surface area contributed by atoms with Gasteiger partial charge in [0.1, 0.15) is 10.9 Å². The zero-order valence-electron chi connectivity index (χ0n) is 8.86. The van der Waals surface area contributed by atoms with Gasteiger partial charge in [-0.3, -0.25) is 0 Å². The molecule has 16 heavy (non-hydrogen) atoms. The zero-order chi connectivity index (χ0) is 11.1. The van der Waals surface area contributed by atoms with Crippen LogP contribution in [0.3, 0.4) is 0 Å². The number of benzene rings is 1. The van der Waals surface area contributed by atoms with E-state index in [1.807, 2.05) is 0 Å². The lowest BCUT2D eigenvalue weighted by atomic mass is 10.1. The number of nitrogens with two attached hydrogens (primary N) is 1. The van der Waals surface area contributed by atoms with E-state index < -0.39 is 0 Å². The Hall–Kier alpha value is -1.37. The van der Waals surface area contributed by atoms with Crippen LogP contribution in [-0.4, -0.2) is 0 Å². The molecule has 0 amide bonds. The van der Waals surface area contributed by atoms with Crippen molar-refractivity contribution in [1.29, 1.82) is 5.26 Å². The van der Waals surface area contributed by atoms with Crippen molar-refractivity contribution in [2.24, 2.45) is 5.73 Å². The molecule has 1 aromatic carbocycles. The monoisotopic (exact) mass is 228 g/mol. The van der Waals surface area contributed by atoms with Gasteiger partial charge in [0.2, 0.25) is 0 Å². The van der Waals surface area contributed by atoms with Gasteiger partial charge in [0.05, 0.1) is 0 Å². The molecule has 2 N–H and O–H groups in total. The van der Waals surface area contributed by atoms with Crippen LogP contribution in [0.4, 0.5) is 0 Å². The minimum Gasteiger partial charge on any atom is -0.326 e. The Morgan fingerprint density at radius 1 is 1.44 bits per heavy atom. The molecule has 0 bridgehead atoms. The highest BCUT2D eigenvalue weighted by Gasteiger charge is 2.29. The van der Waals surface area contributed by atoms with Gasteiger partial charge in [-0.2, -0.15) is 5.26 Å². The van der Waals surface area contributed by atoms with Crippen molar-refractivity contribution in [3.05, 3.63) is 34.2 Å². The van der Waals surface area contributed by atoms with Gasteiger partial charge in [-0.15, -0.1) is 11.3 Å². The molecule has 1 aliphatic rings. The van der Waals surface area contributed by atoms with Gasteiger partial charge in [0, 0.05) is 11.2 Å². The van der Waals surface area contributed by atoms with Crippen molar-refractivity contribution in [2.45, 2.75) is 25.3 Å². The Morgan fingerprint density at radius 3 is 2.88 bits per heavy atom. The van der Waals surface area contributed by atoms with Gasteiger partial charge in [0.25, 0.3) is 0 Å². The third kappa shape index (κ3) is 1.42. The maximum Gasteiger partial charge on any atom is 0.110 e. The normalized spacial score (nSPS) is 15.2. The van der Waals surface area contributed by atoms with Gasteiger partial charge in [-0.05, 0) is 41.3 Å². The Labute approximate surface area is 98.3 Å². The Morgan fingerprint density at radius 2 is 2.25 bits per heavy atom. The van der Waals surface area contributed by atoms with Crippen LogP contribution in [0.1, 0.15) is 34.8 Å². The van der Waals surface area contributed by atoms with Crippen molar-refractivity contribution in [2.75, 3.05) is 0 Å². The van der Waals surface area contributed by atoms with Crippen molar-refractivity contribution >= 4 is 21.4 Å². The molecule has 2 aromatic rings. The van der Waals surface area contributed by atoms with E-state index >= 15 is 0 Å². The van der Waals surface area contributed by atoms with Gasteiger partial charge in [0.15, 0.2) is 0 Å². The molecule has 1 aliphatic carbocycles. The van der Waals surface area contributed by atoms with E-state index in [1.165, 1.54) is 28.5 Å². The summed E-state index contributed by atoms with van der Waals surface area (Å²) in [5.41, 5.74) is 8.05. The molecule has 80 valence electrons. The van der Waals surface area contributed by atoms with Crippen molar-refractivity contribution in [1.82, 2.24) is 0 Å². The summed E-state index contributed by atoms with van der Waals surface area (Å²) >= 11 is 1.61. The van der Waals surface area contributed by atoms with E-state index in [-0.39, 0.29) is 0 Å². The van der Waals surface area contributed by atoms with Crippen LogP contribution in [0, 0.1) is 11.3 Å². The first-order chi connectivity index (χ1) is 7.83. The Balaban J connectivity index is 2.26. The summed E-state index contributed by atoms with van der Waals surface area (Å²) in [5, 5.41) is 10.4. The summed E-state index contributed by atoms with van der Waals surface area (Å²) < 4.78 is 1.21. The van der Waals surface area contributed by atoms with Crippen LogP contribution in [0.25, 0.3) is 10.1 Å². The van der Waals surface area contributed by atoms with E-state index in [0.717, 1.165) is 10.4 Å².